The van der Waals surface area contributed by atoms with Crippen molar-refractivity contribution in [1.82, 2.24) is 0 Å². The first-order valence-corrected chi connectivity index (χ1v) is 7.06. The molecule has 0 aliphatic heterocycles. The summed E-state index contributed by atoms with van der Waals surface area (Å²) in [6.45, 7) is 3.60. The van der Waals surface area contributed by atoms with Gasteiger partial charge in [0.1, 0.15) is 0 Å². The van der Waals surface area contributed by atoms with E-state index in [1.165, 1.54) is 6.07 Å². The van der Waals surface area contributed by atoms with E-state index in [0.717, 1.165) is 24.8 Å². The Hall–Kier alpha value is -1.88. The van der Waals surface area contributed by atoms with Gasteiger partial charge in [0.25, 0.3) is 0 Å². The third-order valence-corrected chi connectivity index (χ3v) is 4.26. The minimum atomic E-state index is -0.990. The van der Waals surface area contributed by atoms with Crippen molar-refractivity contribution in [1.29, 1.82) is 0 Å². The Bertz CT molecular complexity index is 570. The van der Waals surface area contributed by atoms with Gasteiger partial charge < -0.3 is 15.2 Å². The van der Waals surface area contributed by atoms with E-state index in [-0.39, 0.29) is 17.1 Å². The molecule has 0 atom stereocenters. The van der Waals surface area contributed by atoms with Gasteiger partial charge in [0.05, 0.1) is 17.6 Å². The van der Waals surface area contributed by atoms with Crippen LogP contribution in [0.5, 0.6) is 0 Å². The van der Waals surface area contributed by atoms with Gasteiger partial charge >= 0.3 is 5.97 Å². The van der Waals surface area contributed by atoms with Crippen molar-refractivity contribution in [3.05, 3.63) is 28.8 Å². The summed E-state index contributed by atoms with van der Waals surface area (Å²) in [5, 5.41) is 12.0. The highest BCUT2D eigenvalue weighted by Gasteiger charge is 2.39. The molecule has 1 aliphatic rings. The molecule has 0 bridgehead atoms. The number of nitrogens with one attached hydrogen (secondary N) is 1. The number of carboxylic acids is 1. The number of hydrogen-bond donors (Lipinski definition) is 2. The van der Waals surface area contributed by atoms with Gasteiger partial charge in [-0.2, -0.15) is 0 Å². The number of carbonyl (C=O) groups is 2. The van der Waals surface area contributed by atoms with Gasteiger partial charge in [-0.05, 0) is 50.3 Å². The van der Waals surface area contributed by atoms with Crippen LogP contribution in [0.25, 0.3) is 0 Å². The molecular weight excluding hydrogens is 270 g/mol. The van der Waals surface area contributed by atoms with E-state index in [9.17, 15) is 9.59 Å². The summed E-state index contributed by atoms with van der Waals surface area (Å²) < 4.78 is 5.44. The number of aryl methyl sites for hydroxylation is 2. The number of ether oxygens (including phenoxy) is 1. The van der Waals surface area contributed by atoms with Gasteiger partial charge in [0.2, 0.25) is 5.91 Å². The van der Waals surface area contributed by atoms with Crippen LogP contribution in [0, 0.1) is 13.8 Å². The molecule has 2 N–H and O–H groups in total. The zero-order valence-corrected chi connectivity index (χ0v) is 12.7. The Morgan fingerprint density at radius 3 is 2.43 bits per heavy atom. The Morgan fingerprint density at radius 2 is 1.95 bits per heavy atom. The molecule has 5 heteroatoms. The van der Waals surface area contributed by atoms with E-state index in [1.54, 1.807) is 20.1 Å². The summed E-state index contributed by atoms with van der Waals surface area (Å²) in [6.07, 6.45) is 3.17. The van der Waals surface area contributed by atoms with Gasteiger partial charge in [-0.1, -0.05) is 6.07 Å². The Labute approximate surface area is 124 Å². The maximum absolute atomic E-state index is 12.2. The molecule has 1 saturated carbocycles. The van der Waals surface area contributed by atoms with Gasteiger partial charge in [-0.15, -0.1) is 0 Å². The minimum Gasteiger partial charge on any atom is -0.478 e. The van der Waals surface area contributed by atoms with Gasteiger partial charge in [0, 0.05) is 12.8 Å². The summed E-state index contributed by atoms with van der Waals surface area (Å²) >= 11 is 0. The average Bonchev–Trinajstić information content (AvgIpc) is 2.36. The predicted molar refractivity (Wildman–Crippen MR) is 79.7 cm³/mol. The molecular formula is C16H21NO4. The van der Waals surface area contributed by atoms with E-state index >= 15 is 0 Å². The van der Waals surface area contributed by atoms with E-state index in [0.29, 0.717) is 17.7 Å². The Kier molecular flexibility index (Phi) is 4.32. The molecule has 5 nitrogen and oxygen atoms in total. The fraction of sp³-hybridized carbons (Fsp3) is 0.500. The first-order valence-electron chi connectivity index (χ1n) is 7.06. The Morgan fingerprint density at radius 1 is 1.29 bits per heavy atom. The summed E-state index contributed by atoms with van der Waals surface area (Å²) in [7, 11) is 1.63. The number of carboxylic acid groups (broad SMARTS) is 1. The molecule has 0 saturated heterocycles. The molecule has 0 aromatic heterocycles. The maximum atomic E-state index is 12.2. The largest absolute Gasteiger partial charge is 0.478 e. The van der Waals surface area contributed by atoms with Crippen LogP contribution in [-0.2, 0) is 9.53 Å². The maximum Gasteiger partial charge on any atom is 0.336 e. The number of hydrogen-bond acceptors (Lipinski definition) is 3. The van der Waals surface area contributed by atoms with Crippen molar-refractivity contribution in [2.45, 2.75) is 45.1 Å². The van der Waals surface area contributed by atoms with Crippen LogP contribution in [0.4, 0.5) is 5.69 Å². The van der Waals surface area contributed by atoms with Gasteiger partial charge in [-0.3, -0.25) is 4.79 Å². The van der Waals surface area contributed by atoms with E-state index < -0.39 is 5.97 Å². The highest BCUT2D eigenvalue weighted by molar-refractivity contribution is 5.96. The monoisotopic (exact) mass is 291 g/mol. The number of methoxy groups -OCH3 is 1. The number of rotatable bonds is 5. The van der Waals surface area contributed by atoms with Crippen molar-refractivity contribution in [2.24, 2.45) is 0 Å². The number of benzene rings is 1. The second-order valence-corrected chi connectivity index (χ2v) is 5.75. The van der Waals surface area contributed by atoms with Crippen molar-refractivity contribution in [2.75, 3.05) is 12.4 Å². The summed E-state index contributed by atoms with van der Waals surface area (Å²) in [4.78, 5) is 23.3. The summed E-state index contributed by atoms with van der Waals surface area (Å²) in [5.74, 6) is -1.13. The topological polar surface area (TPSA) is 75.6 Å². The molecule has 1 fully saturated rings. The van der Waals surface area contributed by atoms with Crippen molar-refractivity contribution in [3.8, 4) is 0 Å². The molecule has 1 aromatic rings. The van der Waals surface area contributed by atoms with Crippen LogP contribution in [-0.4, -0.2) is 29.7 Å². The van der Waals surface area contributed by atoms with Crippen LogP contribution in [0.2, 0.25) is 0 Å². The first kappa shape index (κ1) is 15.5. The highest BCUT2D eigenvalue weighted by Crippen LogP contribution is 2.38. The molecule has 1 aromatic carbocycles. The lowest BCUT2D eigenvalue weighted by atomic mass is 9.77. The lowest BCUT2D eigenvalue weighted by Gasteiger charge is -2.39. The fourth-order valence-corrected chi connectivity index (χ4v) is 2.73. The van der Waals surface area contributed by atoms with Crippen LogP contribution >= 0.6 is 0 Å². The van der Waals surface area contributed by atoms with Crippen LogP contribution < -0.4 is 5.32 Å². The van der Waals surface area contributed by atoms with E-state index in [4.69, 9.17) is 9.84 Å². The SMILES string of the molecule is COC1(CC(=O)Nc2cc(C(=O)O)c(C)cc2C)CCC1. The molecule has 0 unspecified atom stereocenters. The van der Waals surface area contributed by atoms with Crippen LogP contribution in [0.3, 0.4) is 0 Å². The molecule has 0 heterocycles. The Balaban J connectivity index is 2.13. The zero-order chi connectivity index (χ0) is 15.6. The fourth-order valence-electron chi connectivity index (χ4n) is 2.73. The van der Waals surface area contributed by atoms with E-state index in [1.807, 2.05) is 6.92 Å². The molecule has 114 valence electrons. The number of anilines is 1. The molecule has 21 heavy (non-hydrogen) atoms. The number of carbonyl (C=O) groups excluding carboxylic acids is 1. The standard InChI is InChI=1S/C16H21NO4/c1-10-7-11(2)13(8-12(10)15(19)20)17-14(18)9-16(21-3)5-4-6-16/h7-8H,4-6,9H2,1-3H3,(H,17,18)(H,19,20). The van der Waals surface area contributed by atoms with Gasteiger partial charge in [-0.25, -0.2) is 4.79 Å². The normalized spacial score (nSPS) is 16.1. The smallest absolute Gasteiger partial charge is 0.336 e. The molecule has 1 amide bonds. The summed E-state index contributed by atoms with van der Waals surface area (Å²) in [6, 6.07) is 3.29. The van der Waals surface area contributed by atoms with Crippen molar-refractivity contribution in [3.63, 3.8) is 0 Å². The predicted octanol–water partition coefficient (Wildman–Crippen LogP) is 2.90. The highest BCUT2D eigenvalue weighted by atomic mass is 16.5. The van der Waals surface area contributed by atoms with E-state index in [2.05, 4.69) is 5.32 Å². The second kappa shape index (κ2) is 5.85. The lowest BCUT2D eigenvalue weighted by molar-refractivity contribution is -0.129. The van der Waals surface area contributed by atoms with Crippen molar-refractivity contribution >= 4 is 17.6 Å². The third kappa shape index (κ3) is 3.24. The summed E-state index contributed by atoms with van der Waals surface area (Å²) in [5.41, 5.74) is 1.96. The lowest BCUT2D eigenvalue weighted by Crippen LogP contribution is -2.42. The third-order valence-electron chi connectivity index (χ3n) is 4.26. The van der Waals surface area contributed by atoms with Crippen LogP contribution in [0.15, 0.2) is 12.1 Å². The van der Waals surface area contributed by atoms with Crippen LogP contribution in [0.1, 0.15) is 47.2 Å². The second-order valence-electron chi connectivity index (χ2n) is 5.75. The molecule has 0 radical (unpaired) electrons. The molecule has 2 rings (SSSR count). The average molecular weight is 291 g/mol. The van der Waals surface area contributed by atoms with Gasteiger partial charge in [0.15, 0.2) is 0 Å². The minimum absolute atomic E-state index is 0.139. The van der Waals surface area contributed by atoms with Crippen molar-refractivity contribution < 1.29 is 19.4 Å². The number of amides is 1. The number of aromatic carboxylic acids is 1. The molecule has 0 spiro atoms. The zero-order valence-electron chi connectivity index (χ0n) is 12.7. The molecule has 1 aliphatic carbocycles. The quantitative estimate of drug-likeness (QED) is 0.874. The first-order chi connectivity index (χ1) is 9.87.